The third kappa shape index (κ3) is 4.04. The summed E-state index contributed by atoms with van der Waals surface area (Å²) in [7, 11) is 0. The second kappa shape index (κ2) is 8.01. The second-order valence-corrected chi connectivity index (χ2v) is 6.91. The lowest BCUT2D eigenvalue weighted by molar-refractivity contribution is 0.0950. The van der Waals surface area contributed by atoms with Crippen molar-refractivity contribution in [3.63, 3.8) is 0 Å². The largest absolute Gasteiger partial charge is 0.352 e. The molecule has 1 saturated heterocycles. The minimum absolute atomic E-state index is 0. The van der Waals surface area contributed by atoms with Crippen LogP contribution in [0.5, 0.6) is 0 Å². The van der Waals surface area contributed by atoms with Crippen molar-refractivity contribution in [2.24, 2.45) is 5.92 Å². The molecule has 0 unspecified atom stereocenters. The van der Waals surface area contributed by atoms with E-state index in [0.29, 0.717) is 29.4 Å². The molecule has 1 amide bonds. The van der Waals surface area contributed by atoms with Gasteiger partial charge in [-0.1, -0.05) is 13.8 Å². The first-order valence-electron chi connectivity index (χ1n) is 8.59. The number of amides is 1. The van der Waals surface area contributed by atoms with Crippen LogP contribution in [0.25, 0.3) is 5.65 Å². The predicted octanol–water partition coefficient (Wildman–Crippen LogP) is 1.61. The molecule has 3 N–H and O–H groups in total. The molecule has 0 aromatic carbocycles. The number of H-pyrrole nitrogens is 1. The molecule has 1 aliphatic rings. The lowest BCUT2D eigenvalue weighted by atomic mass is 9.94. The number of nitrogens with zero attached hydrogens (tertiary/aromatic N) is 2. The van der Waals surface area contributed by atoms with Crippen LogP contribution in [0.1, 0.15) is 54.4 Å². The van der Waals surface area contributed by atoms with Crippen LogP contribution in [0.2, 0.25) is 0 Å². The number of aryl methyl sites for hydroxylation is 1. The molecule has 0 atom stereocenters. The molecular formula is C17H26ClN5O2. The van der Waals surface area contributed by atoms with E-state index in [0.717, 1.165) is 31.6 Å². The van der Waals surface area contributed by atoms with Gasteiger partial charge in [0, 0.05) is 18.5 Å². The fourth-order valence-corrected chi connectivity index (χ4v) is 3.24. The number of aromatic nitrogens is 3. The molecule has 3 rings (SSSR count). The lowest BCUT2D eigenvalue weighted by Gasteiger charge is -2.23. The van der Waals surface area contributed by atoms with E-state index in [-0.39, 0.29) is 29.8 Å². The second-order valence-electron chi connectivity index (χ2n) is 6.91. The first-order valence-corrected chi connectivity index (χ1v) is 8.59. The molecule has 0 bridgehead atoms. The minimum Gasteiger partial charge on any atom is -0.352 e. The SMILES string of the molecule is Cc1nn2c(C3CCNCC3)cc(=O)[nH]c2c1C(=O)NCC(C)C.Cl. The molecule has 138 valence electrons. The molecule has 2 aromatic rings. The average Bonchev–Trinajstić information content (AvgIpc) is 2.88. The van der Waals surface area contributed by atoms with Gasteiger partial charge in [-0.3, -0.25) is 9.59 Å². The van der Waals surface area contributed by atoms with Crippen molar-refractivity contribution in [1.82, 2.24) is 25.2 Å². The first-order chi connectivity index (χ1) is 11.5. The summed E-state index contributed by atoms with van der Waals surface area (Å²) in [6.45, 7) is 8.35. The standard InChI is InChI=1S/C17H25N5O2.ClH/c1-10(2)9-19-17(24)15-11(3)21-22-13(8-14(23)20-16(15)22)12-4-6-18-7-5-12;/h8,10,12,18H,4-7,9H2,1-3H3,(H,19,24)(H,20,23);1H. The van der Waals surface area contributed by atoms with Crippen LogP contribution in [0.4, 0.5) is 0 Å². The van der Waals surface area contributed by atoms with Crippen LogP contribution in [0, 0.1) is 12.8 Å². The minimum atomic E-state index is -0.186. The van der Waals surface area contributed by atoms with Crippen molar-refractivity contribution in [1.29, 1.82) is 0 Å². The number of nitrogens with one attached hydrogen (secondary N) is 3. The quantitative estimate of drug-likeness (QED) is 0.765. The molecular weight excluding hydrogens is 342 g/mol. The number of aromatic amines is 1. The van der Waals surface area contributed by atoms with Crippen LogP contribution >= 0.6 is 12.4 Å². The van der Waals surface area contributed by atoms with Crippen molar-refractivity contribution in [2.45, 2.75) is 39.5 Å². The van der Waals surface area contributed by atoms with Crippen molar-refractivity contribution in [3.8, 4) is 0 Å². The van der Waals surface area contributed by atoms with Gasteiger partial charge in [0.25, 0.3) is 11.5 Å². The molecule has 0 saturated carbocycles. The highest BCUT2D eigenvalue weighted by Crippen LogP contribution is 2.25. The predicted molar refractivity (Wildman–Crippen MR) is 99.8 cm³/mol. The number of carbonyl (C=O) groups excluding carboxylic acids is 1. The Balaban J connectivity index is 0.00000225. The van der Waals surface area contributed by atoms with E-state index in [1.165, 1.54) is 0 Å². The highest BCUT2D eigenvalue weighted by molar-refractivity contribution is 6.01. The van der Waals surface area contributed by atoms with E-state index in [1.807, 2.05) is 20.8 Å². The molecule has 0 radical (unpaired) electrons. The number of piperidine rings is 1. The summed E-state index contributed by atoms with van der Waals surface area (Å²) in [4.78, 5) is 27.5. The van der Waals surface area contributed by atoms with Gasteiger partial charge in [-0.2, -0.15) is 5.10 Å². The maximum absolute atomic E-state index is 12.5. The Bertz CT molecular complexity index is 805. The third-order valence-corrected chi connectivity index (χ3v) is 4.48. The fourth-order valence-electron chi connectivity index (χ4n) is 3.24. The number of halogens is 1. The zero-order valence-electron chi connectivity index (χ0n) is 14.9. The maximum atomic E-state index is 12.5. The molecule has 0 spiro atoms. The highest BCUT2D eigenvalue weighted by Gasteiger charge is 2.24. The van der Waals surface area contributed by atoms with Crippen LogP contribution in [0.3, 0.4) is 0 Å². The Morgan fingerprint density at radius 1 is 1.40 bits per heavy atom. The van der Waals surface area contributed by atoms with Crippen molar-refractivity contribution in [3.05, 3.63) is 33.4 Å². The van der Waals surface area contributed by atoms with E-state index >= 15 is 0 Å². The lowest BCUT2D eigenvalue weighted by Crippen LogP contribution is -2.29. The van der Waals surface area contributed by atoms with E-state index in [4.69, 9.17) is 0 Å². The van der Waals surface area contributed by atoms with Crippen LogP contribution in [0.15, 0.2) is 10.9 Å². The zero-order valence-corrected chi connectivity index (χ0v) is 15.7. The van der Waals surface area contributed by atoms with Gasteiger partial charge in [-0.25, -0.2) is 4.52 Å². The Morgan fingerprint density at radius 2 is 2.08 bits per heavy atom. The van der Waals surface area contributed by atoms with Gasteiger partial charge in [0.2, 0.25) is 0 Å². The summed E-state index contributed by atoms with van der Waals surface area (Å²) >= 11 is 0. The Kier molecular flexibility index (Phi) is 6.24. The summed E-state index contributed by atoms with van der Waals surface area (Å²) in [6, 6.07) is 1.62. The van der Waals surface area contributed by atoms with Crippen LogP contribution in [-0.2, 0) is 0 Å². The topological polar surface area (TPSA) is 91.3 Å². The van der Waals surface area contributed by atoms with Crippen molar-refractivity contribution >= 4 is 24.0 Å². The third-order valence-electron chi connectivity index (χ3n) is 4.48. The van der Waals surface area contributed by atoms with E-state index in [9.17, 15) is 9.59 Å². The molecule has 1 aliphatic heterocycles. The number of hydrogen-bond donors (Lipinski definition) is 3. The first kappa shape index (κ1) is 19.5. The summed E-state index contributed by atoms with van der Waals surface area (Å²) < 4.78 is 1.75. The van der Waals surface area contributed by atoms with Gasteiger partial charge in [0.15, 0.2) is 0 Å². The number of hydrogen-bond acceptors (Lipinski definition) is 4. The molecule has 2 aromatic heterocycles. The normalized spacial score (nSPS) is 15.4. The number of fused-ring (bicyclic) bond motifs is 1. The Labute approximate surface area is 153 Å². The maximum Gasteiger partial charge on any atom is 0.256 e. The smallest absolute Gasteiger partial charge is 0.256 e. The van der Waals surface area contributed by atoms with Gasteiger partial charge < -0.3 is 15.6 Å². The van der Waals surface area contributed by atoms with Gasteiger partial charge >= 0.3 is 0 Å². The summed E-state index contributed by atoms with van der Waals surface area (Å²) in [6.07, 6.45) is 1.93. The number of carbonyl (C=O) groups is 1. The Hall–Kier alpha value is -1.86. The summed E-state index contributed by atoms with van der Waals surface area (Å²) in [5.74, 6) is 0.455. The highest BCUT2D eigenvalue weighted by atomic mass is 35.5. The van der Waals surface area contributed by atoms with Crippen LogP contribution in [-0.4, -0.2) is 40.1 Å². The van der Waals surface area contributed by atoms with E-state index < -0.39 is 0 Å². The molecule has 7 nitrogen and oxygen atoms in total. The molecule has 8 heteroatoms. The summed E-state index contributed by atoms with van der Waals surface area (Å²) in [5.41, 5.74) is 2.29. The summed E-state index contributed by atoms with van der Waals surface area (Å²) in [5, 5.41) is 10.8. The van der Waals surface area contributed by atoms with Gasteiger partial charge in [-0.15, -0.1) is 12.4 Å². The molecule has 0 aliphatic carbocycles. The van der Waals surface area contributed by atoms with E-state index in [1.54, 1.807) is 10.6 Å². The Morgan fingerprint density at radius 3 is 2.72 bits per heavy atom. The zero-order chi connectivity index (χ0) is 17.3. The molecule has 25 heavy (non-hydrogen) atoms. The van der Waals surface area contributed by atoms with Gasteiger partial charge in [0.05, 0.1) is 11.4 Å². The molecule has 1 fully saturated rings. The average molecular weight is 368 g/mol. The van der Waals surface area contributed by atoms with Crippen molar-refractivity contribution < 1.29 is 4.79 Å². The van der Waals surface area contributed by atoms with Gasteiger partial charge in [0.1, 0.15) is 11.2 Å². The fraction of sp³-hybridized carbons (Fsp3) is 0.588. The number of rotatable bonds is 4. The monoisotopic (exact) mass is 367 g/mol. The van der Waals surface area contributed by atoms with Crippen LogP contribution < -0.4 is 16.2 Å². The molecule has 3 heterocycles. The van der Waals surface area contributed by atoms with Gasteiger partial charge in [-0.05, 0) is 38.8 Å². The van der Waals surface area contributed by atoms with E-state index in [2.05, 4.69) is 20.7 Å². The van der Waals surface area contributed by atoms with Crippen molar-refractivity contribution in [2.75, 3.05) is 19.6 Å².